The highest BCUT2D eigenvalue weighted by molar-refractivity contribution is 6.08. The fourth-order valence-electron chi connectivity index (χ4n) is 2.47. The molecule has 1 aliphatic heterocycles. The van der Waals surface area contributed by atoms with E-state index in [0.29, 0.717) is 35.8 Å². The molecule has 0 radical (unpaired) electrons. The molecular formula is C16H17N5O. The summed E-state index contributed by atoms with van der Waals surface area (Å²) in [6, 6.07) is 5.46. The summed E-state index contributed by atoms with van der Waals surface area (Å²) in [7, 11) is 0. The van der Waals surface area contributed by atoms with Gasteiger partial charge in [0, 0.05) is 34.7 Å². The molecular weight excluding hydrogens is 278 g/mol. The van der Waals surface area contributed by atoms with E-state index in [1.165, 1.54) is 0 Å². The summed E-state index contributed by atoms with van der Waals surface area (Å²) in [5.74, 6) is 0.670. The molecule has 0 aromatic heterocycles. The van der Waals surface area contributed by atoms with Crippen LogP contribution in [-0.2, 0) is 0 Å². The Labute approximate surface area is 128 Å². The topological polar surface area (TPSA) is 107 Å². The van der Waals surface area contributed by atoms with Gasteiger partial charge in [0.2, 0.25) is 0 Å². The molecule has 0 saturated carbocycles. The second kappa shape index (κ2) is 5.85. The molecule has 6 heteroatoms. The number of amidine groups is 1. The average Bonchev–Trinajstić information content (AvgIpc) is 2.55. The largest absolute Gasteiger partial charge is 0.508 e. The molecule has 3 rings (SSSR count). The Kier molecular flexibility index (Phi) is 3.74. The Balaban J connectivity index is 1.91. The Morgan fingerprint density at radius 3 is 3.00 bits per heavy atom. The van der Waals surface area contributed by atoms with Crippen LogP contribution in [0.25, 0.3) is 0 Å². The first-order valence-electron chi connectivity index (χ1n) is 7.03. The SMILES string of the molecule is N=C(c1cc(C2=NCC=NN2)ccc1N)C1C=C(O)C=CC1. The van der Waals surface area contributed by atoms with E-state index in [1.54, 1.807) is 24.4 Å². The molecule has 1 aromatic rings. The summed E-state index contributed by atoms with van der Waals surface area (Å²) in [6.45, 7) is 0.531. The maximum atomic E-state index is 9.60. The fourth-order valence-corrected chi connectivity index (χ4v) is 2.47. The van der Waals surface area contributed by atoms with Crippen LogP contribution >= 0.6 is 0 Å². The molecule has 0 spiro atoms. The highest BCUT2D eigenvalue weighted by Crippen LogP contribution is 2.24. The van der Waals surface area contributed by atoms with Gasteiger partial charge in [-0.1, -0.05) is 6.08 Å². The van der Waals surface area contributed by atoms with Crippen molar-refractivity contribution >= 4 is 23.4 Å². The lowest BCUT2D eigenvalue weighted by Crippen LogP contribution is -2.24. The molecule has 0 amide bonds. The van der Waals surface area contributed by atoms with Crippen molar-refractivity contribution in [1.29, 1.82) is 5.41 Å². The second-order valence-electron chi connectivity index (χ2n) is 5.16. The fraction of sp³-hybridized carbons (Fsp3) is 0.188. The van der Waals surface area contributed by atoms with Gasteiger partial charge >= 0.3 is 0 Å². The first-order valence-corrected chi connectivity index (χ1v) is 7.03. The summed E-state index contributed by atoms with van der Waals surface area (Å²) in [6.07, 6.45) is 7.54. The summed E-state index contributed by atoms with van der Waals surface area (Å²) in [5.41, 5.74) is 11.3. The van der Waals surface area contributed by atoms with Gasteiger partial charge in [-0.2, -0.15) is 5.10 Å². The predicted octanol–water partition coefficient (Wildman–Crippen LogP) is 1.99. The van der Waals surface area contributed by atoms with E-state index in [-0.39, 0.29) is 11.7 Å². The van der Waals surface area contributed by atoms with Crippen LogP contribution in [0.15, 0.2) is 52.3 Å². The summed E-state index contributed by atoms with van der Waals surface area (Å²) >= 11 is 0. The van der Waals surface area contributed by atoms with E-state index in [1.807, 2.05) is 18.2 Å². The van der Waals surface area contributed by atoms with Crippen LogP contribution in [0.5, 0.6) is 0 Å². The van der Waals surface area contributed by atoms with Gasteiger partial charge in [-0.05, 0) is 36.8 Å². The van der Waals surface area contributed by atoms with E-state index in [4.69, 9.17) is 11.1 Å². The smallest absolute Gasteiger partial charge is 0.149 e. The van der Waals surface area contributed by atoms with Gasteiger partial charge < -0.3 is 16.2 Å². The summed E-state index contributed by atoms with van der Waals surface area (Å²) in [4.78, 5) is 4.34. The highest BCUT2D eigenvalue weighted by atomic mass is 16.3. The number of hydrogen-bond donors (Lipinski definition) is 4. The Morgan fingerprint density at radius 1 is 1.41 bits per heavy atom. The van der Waals surface area contributed by atoms with Crippen LogP contribution in [0.3, 0.4) is 0 Å². The van der Waals surface area contributed by atoms with Crippen molar-refractivity contribution in [3.05, 3.63) is 53.3 Å². The third kappa shape index (κ3) is 2.76. The van der Waals surface area contributed by atoms with Crippen molar-refractivity contribution in [2.24, 2.45) is 16.0 Å². The number of hydrogen-bond acceptors (Lipinski definition) is 6. The molecule has 1 unspecified atom stereocenters. The van der Waals surface area contributed by atoms with Crippen molar-refractivity contribution in [1.82, 2.24) is 5.43 Å². The van der Waals surface area contributed by atoms with Crippen molar-refractivity contribution < 1.29 is 5.11 Å². The summed E-state index contributed by atoms with van der Waals surface area (Å²) < 4.78 is 0. The van der Waals surface area contributed by atoms with Gasteiger partial charge in [0.15, 0.2) is 0 Å². The highest BCUT2D eigenvalue weighted by Gasteiger charge is 2.19. The number of aliphatic hydroxyl groups excluding tert-OH is 1. The molecule has 22 heavy (non-hydrogen) atoms. The molecule has 1 aromatic carbocycles. The van der Waals surface area contributed by atoms with E-state index in [9.17, 15) is 5.11 Å². The molecule has 0 bridgehead atoms. The van der Waals surface area contributed by atoms with Gasteiger partial charge in [0.05, 0.1) is 6.54 Å². The third-order valence-electron chi connectivity index (χ3n) is 3.63. The Morgan fingerprint density at radius 2 is 2.27 bits per heavy atom. The molecule has 2 aliphatic rings. The van der Waals surface area contributed by atoms with Crippen LogP contribution < -0.4 is 11.2 Å². The third-order valence-corrected chi connectivity index (χ3v) is 3.63. The van der Waals surface area contributed by atoms with Crippen molar-refractivity contribution in [2.75, 3.05) is 12.3 Å². The lowest BCUT2D eigenvalue weighted by atomic mass is 9.89. The van der Waals surface area contributed by atoms with Gasteiger partial charge in [-0.15, -0.1) is 0 Å². The number of nitrogens with two attached hydrogens (primary N) is 1. The Bertz CT molecular complexity index is 730. The lowest BCUT2D eigenvalue weighted by Gasteiger charge is -2.18. The number of nitrogens with zero attached hydrogens (tertiary/aromatic N) is 2. The second-order valence-corrected chi connectivity index (χ2v) is 5.16. The number of hydrazone groups is 1. The van der Waals surface area contributed by atoms with E-state index >= 15 is 0 Å². The Hall–Kier alpha value is -2.89. The minimum Gasteiger partial charge on any atom is -0.508 e. The molecule has 0 saturated heterocycles. The normalized spacial score (nSPS) is 20.1. The number of aliphatic hydroxyl groups is 1. The monoisotopic (exact) mass is 295 g/mol. The van der Waals surface area contributed by atoms with Crippen LogP contribution in [0.2, 0.25) is 0 Å². The molecule has 1 heterocycles. The van der Waals surface area contributed by atoms with Gasteiger partial charge in [0.1, 0.15) is 11.6 Å². The standard InChI is InChI=1S/C16H17N5O/c17-14-5-4-11(16-19-6-7-20-21-16)9-13(14)15(18)10-2-1-3-12(22)8-10/h1,3-5,7-10,18,22H,2,6,17H2,(H,19,21). The molecule has 1 atom stereocenters. The van der Waals surface area contributed by atoms with Gasteiger partial charge in [0.25, 0.3) is 0 Å². The number of aliphatic imine (C=N–C) groups is 1. The maximum Gasteiger partial charge on any atom is 0.149 e. The molecule has 1 aliphatic carbocycles. The molecule has 6 nitrogen and oxygen atoms in total. The number of benzene rings is 1. The maximum absolute atomic E-state index is 9.60. The van der Waals surface area contributed by atoms with E-state index in [2.05, 4.69) is 15.5 Å². The van der Waals surface area contributed by atoms with Crippen molar-refractivity contribution in [3.63, 3.8) is 0 Å². The van der Waals surface area contributed by atoms with Crippen LogP contribution in [-0.4, -0.2) is 29.4 Å². The minimum absolute atomic E-state index is 0.179. The number of anilines is 1. The van der Waals surface area contributed by atoms with Gasteiger partial charge in [-0.3, -0.25) is 10.4 Å². The van der Waals surface area contributed by atoms with E-state index in [0.717, 1.165) is 5.56 Å². The average molecular weight is 295 g/mol. The van der Waals surface area contributed by atoms with E-state index < -0.39 is 0 Å². The van der Waals surface area contributed by atoms with Gasteiger partial charge in [-0.25, -0.2) is 0 Å². The zero-order valence-electron chi connectivity index (χ0n) is 12.0. The van der Waals surface area contributed by atoms with Crippen LogP contribution in [0.4, 0.5) is 5.69 Å². The first kappa shape index (κ1) is 14.1. The zero-order chi connectivity index (χ0) is 15.5. The number of nitrogen functional groups attached to an aromatic ring is 1. The minimum atomic E-state index is -0.179. The van der Waals surface area contributed by atoms with Crippen molar-refractivity contribution in [2.45, 2.75) is 6.42 Å². The van der Waals surface area contributed by atoms with Crippen LogP contribution in [0, 0.1) is 11.3 Å². The van der Waals surface area contributed by atoms with Crippen molar-refractivity contribution in [3.8, 4) is 0 Å². The van der Waals surface area contributed by atoms with Crippen LogP contribution in [0.1, 0.15) is 17.5 Å². The lowest BCUT2D eigenvalue weighted by molar-refractivity contribution is 0.423. The number of nitrogens with one attached hydrogen (secondary N) is 2. The number of rotatable bonds is 3. The predicted molar refractivity (Wildman–Crippen MR) is 88.7 cm³/mol. The molecule has 112 valence electrons. The zero-order valence-corrected chi connectivity index (χ0v) is 12.0. The quantitative estimate of drug-likeness (QED) is 0.506. The first-order chi connectivity index (χ1) is 10.6. The number of allylic oxidation sites excluding steroid dienone is 3. The molecule has 0 fully saturated rings. The summed E-state index contributed by atoms with van der Waals surface area (Å²) in [5, 5.41) is 22.0. The molecule has 5 N–H and O–H groups in total.